The third kappa shape index (κ3) is 4.26. The Balaban J connectivity index is 1.34. The number of methoxy groups -OCH3 is 1. The first kappa shape index (κ1) is 18.7. The zero-order chi connectivity index (χ0) is 19.3. The molecule has 0 bridgehead atoms. The van der Waals surface area contributed by atoms with Crippen molar-refractivity contribution >= 4 is 17.2 Å². The number of piperidine rings is 1. The normalized spacial score (nSPS) is 16.9. The van der Waals surface area contributed by atoms with Crippen LogP contribution >= 0.6 is 11.3 Å². The smallest absolute Gasteiger partial charge is 0.289 e. The fraction of sp³-hybridized carbons (Fsp3) is 0.333. The van der Waals surface area contributed by atoms with E-state index in [1.807, 2.05) is 35.4 Å². The number of thiazole rings is 1. The number of nitrogens with zero attached hydrogens (tertiary/aromatic N) is 2. The number of amides is 1. The SMILES string of the molecule is COc1cccc(-c2ncc(CNC3CCCN(C(=O)c4ccco4)C3)s2)c1. The molecule has 1 aromatic carbocycles. The molecule has 1 saturated heterocycles. The molecule has 7 heteroatoms. The molecule has 1 fully saturated rings. The van der Waals surface area contributed by atoms with E-state index in [9.17, 15) is 4.79 Å². The maximum Gasteiger partial charge on any atom is 0.289 e. The van der Waals surface area contributed by atoms with Gasteiger partial charge in [-0.2, -0.15) is 0 Å². The molecule has 2 aromatic heterocycles. The molecule has 6 nitrogen and oxygen atoms in total. The van der Waals surface area contributed by atoms with E-state index in [-0.39, 0.29) is 11.9 Å². The topological polar surface area (TPSA) is 67.6 Å². The summed E-state index contributed by atoms with van der Waals surface area (Å²) in [7, 11) is 1.67. The van der Waals surface area contributed by atoms with Crippen molar-refractivity contribution < 1.29 is 13.9 Å². The summed E-state index contributed by atoms with van der Waals surface area (Å²) < 4.78 is 10.5. The van der Waals surface area contributed by atoms with Gasteiger partial charge in [0, 0.05) is 42.3 Å². The van der Waals surface area contributed by atoms with Gasteiger partial charge in [-0.1, -0.05) is 12.1 Å². The van der Waals surface area contributed by atoms with Gasteiger partial charge >= 0.3 is 0 Å². The number of hydrogen-bond donors (Lipinski definition) is 1. The zero-order valence-electron chi connectivity index (χ0n) is 15.8. The molecule has 28 heavy (non-hydrogen) atoms. The molecule has 0 radical (unpaired) electrons. The van der Waals surface area contributed by atoms with Crippen molar-refractivity contribution in [2.45, 2.75) is 25.4 Å². The lowest BCUT2D eigenvalue weighted by atomic mass is 10.1. The summed E-state index contributed by atoms with van der Waals surface area (Å²) in [5, 5.41) is 4.56. The van der Waals surface area contributed by atoms with Crippen LogP contribution in [0, 0.1) is 0 Å². The van der Waals surface area contributed by atoms with Crippen LogP contribution < -0.4 is 10.1 Å². The largest absolute Gasteiger partial charge is 0.497 e. The zero-order valence-corrected chi connectivity index (χ0v) is 16.6. The number of benzene rings is 1. The second-order valence-electron chi connectivity index (χ2n) is 6.81. The number of likely N-dealkylation sites (tertiary alicyclic amines) is 1. The van der Waals surface area contributed by atoms with Gasteiger partial charge in [-0.25, -0.2) is 4.98 Å². The Morgan fingerprint density at radius 2 is 2.32 bits per heavy atom. The minimum absolute atomic E-state index is 0.0328. The maximum atomic E-state index is 12.5. The Labute approximate surface area is 168 Å². The summed E-state index contributed by atoms with van der Waals surface area (Å²) in [6.45, 7) is 2.22. The molecule has 1 aliphatic rings. The second-order valence-corrected chi connectivity index (χ2v) is 7.93. The molecule has 3 aromatic rings. The lowest BCUT2D eigenvalue weighted by molar-refractivity contribution is 0.0662. The molecule has 1 N–H and O–H groups in total. The van der Waals surface area contributed by atoms with Gasteiger partial charge in [0.15, 0.2) is 5.76 Å². The van der Waals surface area contributed by atoms with Crippen LogP contribution in [-0.4, -0.2) is 42.0 Å². The molecule has 1 atom stereocenters. The summed E-state index contributed by atoms with van der Waals surface area (Å²) in [6.07, 6.45) is 5.50. The quantitative estimate of drug-likeness (QED) is 0.685. The van der Waals surface area contributed by atoms with E-state index in [4.69, 9.17) is 9.15 Å². The van der Waals surface area contributed by atoms with Crippen LogP contribution in [-0.2, 0) is 6.54 Å². The predicted molar refractivity (Wildman–Crippen MR) is 109 cm³/mol. The predicted octanol–water partition coefficient (Wildman–Crippen LogP) is 3.81. The van der Waals surface area contributed by atoms with Crippen LogP contribution in [0.15, 0.2) is 53.3 Å². The van der Waals surface area contributed by atoms with Crippen LogP contribution in [0.1, 0.15) is 28.3 Å². The van der Waals surface area contributed by atoms with Gasteiger partial charge in [-0.15, -0.1) is 11.3 Å². The third-order valence-electron chi connectivity index (χ3n) is 4.88. The number of ether oxygens (including phenoxy) is 1. The molecule has 1 unspecified atom stereocenters. The van der Waals surface area contributed by atoms with Gasteiger partial charge in [0.05, 0.1) is 13.4 Å². The molecule has 0 aliphatic carbocycles. The van der Waals surface area contributed by atoms with E-state index in [1.54, 1.807) is 30.6 Å². The van der Waals surface area contributed by atoms with Crippen molar-refractivity contribution in [3.63, 3.8) is 0 Å². The summed E-state index contributed by atoms with van der Waals surface area (Å²) >= 11 is 1.67. The van der Waals surface area contributed by atoms with Crippen molar-refractivity contribution in [3.8, 4) is 16.3 Å². The summed E-state index contributed by atoms with van der Waals surface area (Å²) in [5.41, 5.74) is 1.06. The average molecular weight is 398 g/mol. The summed E-state index contributed by atoms with van der Waals surface area (Å²) in [4.78, 5) is 20.1. The van der Waals surface area contributed by atoms with Gasteiger partial charge < -0.3 is 19.4 Å². The fourth-order valence-electron chi connectivity index (χ4n) is 3.41. The van der Waals surface area contributed by atoms with Gasteiger partial charge in [-0.3, -0.25) is 4.79 Å². The Morgan fingerprint density at radius 1 is 1.39 bits per heavy atom. The Morgan fingerprint density at radius 3 is 3.14 bits per heavy atom. The van der Waals surface area contributed by atoms with Crippen molar-refractivity contribution in [3.05, 3.63) is 59.5 Å². The molecule has 0 saturated carbocycles. The van der Waals surface area contributed by atoms with Gasteiger partial charge in [-0.05, 0) is 37.1 Å². The van der Waals surface area contributed by atoms with Crippen molar-refractivity contribution in [2.75, 3.05) is 20.2 Å². The molecule has 1 aliphatic heterocycles. The van der Waals surface area contributed by atoms with E-state index in [1.165, 1.54) is 11.1 Å². The molecular weight excluding hydrogens is 374 g/mol. The van der Waals surface area contributed by atoms with Crippen molar-refractivity contribution in [2.24, 2.45) is 0 Å². The van der Waals surface area contributed by atoms with Gasteiger partial charge in [0.2, 0.25) is 0 Å². The number of hydrogen-bond acceptors (Lipinski definition) is 6. The van der Waals surface area contributed by atoms with Crippen molar-refractivity contribution in [1.29, 1.82) is 0 Å². The highest BCUT2D eigenvalue weighted by Crippen LogP contribution is 2.28. The molecule has 4 rings (SSSR count). The average Bonchev–Trinajstić information content (AvgIpc) is 3.44. The summed E-state index contributed by atoms with van der Waals surface area (Å²) in [5.74, 6) is 1.21. The van der Waals surface area contributed by atoms with E-state index in [2.05, 4.69) is 10.3 Å². The minimum atomic E-state index is -0.0328. The number of aromatic nitrogens is 1. The Hall–Kier alpha value is -2.64. The van der Waals surface area contributed by atoms with E-state index in [0.717, 1.165) is 42.3 Å². The number of rotatable bonds is 6. The summed E-state index contributed by atoms with van der Waals surface area (Å²) in [6, 6.07) is 11.7. The van der Waals surface area contributed by atoms with Crippen LogP contribution in [0.5, 0.6) is 5.75 Å². The molecule has 0 spiro atoms. The lowest BCUT2D eigenvalue weighted by Gasteiger charge is -2.32. The Bertz CT molecular complexity index is 923. The highest BCUT2D eigenvalue weighted by atomic mass is 32.1. The van der Waals surface area contributed by atoms with Crippen LogP contribution in [0.4, 0.5) is 0 Å². The highest BCUT2D eigenvalue weighted by molar-refractivity contribution is 7.15. The molecular formula is C21H23N3O3S. The molecule has 146 valence electrons. The number of carbonyl (C=O) groups is 1. The monoisotopic (exact) mass is 397 g/mol. The van der Waals surface area contributed by atoms with Gasteiger partial charge in [0.25, 0.3) is 5.91 Å². The van der Waals surface area contributed by atoms with E-state index in [0.29, 0.717) is 12.3 Å². The second kappa shape index (κ2) is 8.58. The van der Waals surface area contributed by atoms with Crippen LogP contribution in [0.3, 0.4) is 0 Å². The fourth-order valence-corrected chi connectivity index (χ4v) is 4.27. The maximum absolute atomic E-state index is 12.5. The van der Waals surface area contributed by atoms with E-state index < -0.39 is 0 Å². The third-order valence-corrected chi connectivity index (χ3v) is 5.92. The first-order valence-electron chi connectivity index (χ1n) is 9.38. The first-order valence-corrected chi connectivity index (χ1v) is 10.2. The lowest BCUT2D eigenvalue weighted by Crippen LogP contribution is -2.47. The molecule has 1 amide bonds. The highest BCUT2D eigenvalue weighted by Gasteiger charge is 2.25. The van der Waals surface area contributed by atoms with Gasteiger partial charge in [0.1, 0.15) is 10.8 Å². The Kier molecular flexibility index (Phi) is 5.73. The first-order chi connectivity index (χ1) is 13.7. The molecule has 3 heterocycles. The standard InChI is InChI=1S/C21H23N3O3S/c1-26-17-7-2-5-15(11-17)20-23-13-18(28-20)12-22-16-6-3-9-24(14-16)21(25)19-8-4-10-27-19/h2,4-5,7-8,10-11,13,16,22H,3,6,9,12,14H2,1H3. The van der Waals surface area contributed by atoms with E-state index >= 15 is 0 Å². The number of nitrogens with one attached hydrogen (secondary N) is 1. The van der Waals surface area contributed by atoms with Crippen LogP contribution in [0.25, 0.3) is 10.6 Å². The minimum Gasteiger partial charge on any atom is -0.497 e. The van der Waals surface area contributed by atoms with Crippen molar-refractivity contribution in [1.82, 2.24) is 15.2 Å². The number of carbonyl (C=O) groups excluding carboxylic acids is 1. The van der Waals surface area contributed by atoms with Crippen LogP contribution in [0.2, 0.25) is 0 Å². The number of furan rings is 1.